The molecule has 152 valence electrons. The first-order chi connectivity index (χ1) is 12.5. The van der Waals surface area contributed by atoms with Gasteiger partial charge in [0.2, 0.25) is 10.0 Å². The molecule has 1 fully saturated rings. The smallest absolute Gasteiger partial charge is 0.254 e. The lowest BCUT2D eigenvalue weighted by atomic mass is 9.87. The van der Waals surface area contributed by atoms with Crippen molar-refractivity contribution in [1.29, 1.82) is 0 Å². The van der Waals surface area contributed by atoms with Crippen LogP contribution in [0.15, 0.2) is 23.1 Å². The molecule has 0 spiro atoms. The minimum atomic E-state index is -3.59. The number of carbonyl (C=O) groups excluding carboxylic acids is 1. The molecule has 6 heteroatoms. The maximum Gasteiger partial charge on any atom is 0.254 e. The summed E-state index contributed by atoms with van der Waals surface area (Å²) < 4.78 is 27.4. The summed E-state index contributed by atoms with van der Waals surface area (Å²) in [4.78, 5) is 15.3. The number of likely N-dealkylation sites (tertiary alicyclic amines) is 1. The van der Waals surface area contributed by atoms with Crippen LogP contribution in [0.3, 0.4) is 0 Å². The first-order valence-corrected chi connectivity index (χ1v) is 11.4. The van der Waals surface area contributed by atoms with Gasteiger partial charge in [0.15, 0.2) is 0 Å². The molecule has 0 aliphatic carbocycles. The fourth-order valence-corrected chi connectivity index (χ4v) is 5.61. The standard InChI is InChI=1S/C21H34N2O3S/c1-7-22(8-2)27(25,26)19-14-17(12-11-16(19)3)20(24)23-13-9-10-18(23)15-21(4,5)6/h11-12,14,18H,7-10,13,15H2,1-6H3. The third kappa shape index (κ3) is 4.91. The Bertz CT molecular complexity index is 777. The average molecular weight is 395 g/mol. The van der Waals surface area contributed by atoms with E-state index in [0.717, 1.165) is 25.8 Å². The molecule has 1 aliphatic rings. The van der Waals surface area contributed by atoms with E-state index in [-0.39, 0.29) is 22.3 Å². The van der Waals surface area contributed by atoms with E-state index in [1.807, 2.05) is 18.7 Å². The molecule has 1 atom stereocenters. The number of benzene rings is 1. The highest BCUT2D eigenvalue weighted by Crippen LogP contribution is 2.31. The summed E-state index contributed by atoms with van der Waals surface area (Å²) in [7, 11) is -3.59. The van der Waals surface area contributed by atoms with Crippen molar-refractivity contribution in [3.63, 3.8) is 0 Å². The van der Waals surface area contributed by atoms with E-state index in [4.69, 9.17) is 0 Å². The van der Waals surface area contributed by atoms with Crippen LogP contribution in [0.2, 0.25) is 0 Å². The zero-order valence-corrected chi connectivity index (χ0v) is 18.4. The summed E-state index contributed by atoms with van der Waals surface area (Å²) in [6, 6.07) is 5.29. The Hall–Kier alpha value is -1.40. The van der Waals surface area contributed by atoms with Crippen LogP contribution in [-0.4, -0.2) is 49.2 Å². The second kappa shape index (κ2) is 8.31. The Morgan fingerprint density at radius 1 is 1.22 bits per heavy atom. The van der Waals surface area contributed by atoms with Crippen molar-refractivity contribution in [2.75, 3.05) is 19.6 Å². The van der Waals surface area contributed by atoms with Gasteiger partial charge in [0.1, 0.15) is 0 Å². The fourth-order valence-electron chi connectivity index (χ4n) is 3.90. The minimum absolute atomic E-state index is 0.0576. The average Bonchev–Trinajstić information content (AvgIpc) is 3.01. The Labute approximate surface area is 164 Å². The van der Waals surface area contributed by atoms with Gasteiger partial charge in [-0.05, 0) is 49.3 Å². The molecule has 0 N–H and O–H groups in total. The fraction of sp³-hybridized carbons (Fsp3) is 0.667. The van der Waals surface area contributed by atoms with Crippen LogP contribution in [0.4, 0.5) is 0 Å². The zero-order chi connectivity index (χ0) is 20.4. The van der Waals surface area contributed by atoms with Crippen LogP contribution in [0.25, 0.3) is 0 Å². The zero-order valence-electron chi connectivity index (χ0n) is 17.6. The first kappa shape index (κ1) is 21.9. The predicted octanol–water partition coefficient (Wildman–Crippen LogP) is 4.07. The Morgan fingerprint density at radius 2 is 1.85 bits per heavy atom. The third-order valence-corrected chi connectivity index (χ3v) is 7.44. The van der Waals surface area contributed by atoms with Crippen molar-refractivity contribution in [2.24, 2.45) is 5.41 Å². The Morgan fingerprint density at radius 3 is 2.41 bits per heavy atom. The van der Waals surface area contributed by atoms with Crippen LogP contribution < -0.4 is 0 Å². The van der Waals surface area contributed by atoms with Gasteiger partial charge < -0.3 is 4.90 Å². The molecule has 1 aromatic carbocycles. The maximum atomic E-state index is 13.2. The molecule has 2 rings (SSSR count). The molecule has 1 saturated heterocycles. The van der Waals surface area contributed by atoms with E-state index in [2.05, 4.69) is 20.8 Å². The maximum absolute atomic E-state index is 13.2. The van der Waals surface area contributed by atoms with Crippen molar-refractivity contribution in [3.8, 4) is 0 Å². The van der Waals surface area contributed by atoms with Gasteiger partial charge in [-0.25, -0.2) is 8.42 Å². The number of hydrogen-bond acceptors (Lipinski definition) is 3. The van der Waals surface area contributed by atoms with Crippen molar-refractivity contribution in [3.05, 3.63) is 29.3 Å². The third-order valence-electron chi connectivity index (χ3n) is 5.24. The molecule has 1 heterocycles. The normalized spacial score (nSPS) is 18.3. The van der Waals surface area contributed by atoms with Crippen molar-refractivity contribution >= 4 is 15.9 Å². The van der Waals surface area contributed by atoms with Gasteiger partial charge >= 0.3 is 0 Å². The van der Waals surface area contributed by atoms with Crippen LogP contribution in [-0.2, 0) is 10.0 Å². The van der Waals surface area contributed by atoms with Gasteiger partial charge in [-0.3, -0.25) is 4.79 Å². The summed E-state index contributed by atoms with van der Waals surface area (Å²) in [5.41, 5.74) is 1.29. The second-order valence-electron chi connectivity index (χ2n) is 8.63. The summed E-state index contributed by atoms with van der Waals surface area (Å²) in [5.74, 6) is -0.0576. The van der Waals surface area contributed by atoms with Gasteiger partial charge in [-0.1, -0.05) is 40.7 Å². The van der Waals surface area contributed by atoms with Crippen LogP contribution in [0.5, 0.6) is 0 Å². The summed E-state index contributed by atoms with van der Waals surface area (Å²) in [5, 5.41) is 0. The quantitative estimate of drug-likeness (QED) is 0.731. The minimum Gasteiger partial charge on any atom is -0.336 e. The number of amides is 1. The number of hydrogen-bond donors (Lipinski definition) is 0. The lowest BCUT2D eigenvalue weighted by Crippen LogP contribution is -2.38. The highest BCUT2D eigenvalue weighted by atomic mass is 32.2. The molecular formula is C21H34N2O3S. The largest absolute Gasteiger partial charge is 0.336 e. The Kier molecular flexibility index (Phi) is 6.74. The molecule has 27 heavy (non-hydrogen) atoms. The van der Waals surface area contributed by atoms with Gasteiger partial charge in [0.25, 0.3) is 5.91 Å². The number of sulfonamides is 1. The van der Waals surface area contributed by atoms with Crippen molar-refractivity contribution < 1.29 is 13.2 Å². The van der Waals surface area contributed by atoms with E-state index in [0.29, 0.717) is 24.2 Å². The molecule has 1 unspecified atom stereocenters. The number of nitrogens with zero attached hydrogens (tertiary/aromatic N) is 2. The number of aryl methyl sites for hydroxylation is 1. The van der Waals surface area contributed by atoms with E-state index >= 15 is 0 Å². The molecule has 1 aliphatic heterocycles. The van der Waals surface area contributed by atoms with E-state index in [1.165, 1.54) is 4.31 Å². The number of carbonyl (C=O) groups is 1. The van der Waals surface area contributed by atoms with Gasteiger partial charge in [0, 0.05) is 31.2 Å². The lowest BCUT2D eigenvalue weighted by Gasteiger charge is -2.30. The number of rotatable bonds is 6. The summed E-state index contributed by atoms with van der Waals surface area (Å²) >= 11 is 0. The summed E-state index contributed by atoms with van der Waals surface area (Å²) in [6.45, 7) is 13.6. The molecule has 5 nitrogen and oxygen atoms in total. The van der Waals surface area contributed by atoms with Gasteiger partial charge in [-0.15, -0.1) is 0 Å². The van der Waals surface area contributed by atoms with E-state index in [9.17, 15) is 13.2 Å². The van der Waals surface area contributed by atoms with Crippen LogP contribution >= 0.6 is 0 Å². The lowest BCUT2D eigenvalue weighted by molar-refractivity contribution is 0.0704. The topological polar surface area (TPSA) is 57.7 Å². The van der Waals surface area contributed by atoms with Crippen LogP contribution in [0.1, 0.15) is 69.8 Å². The highest BCUT2D eigenvalue weighted by molar-refractivity contribution is 7.89. The van der Waals surface area contributed by atoms with Crippen LogP contribution in [0, 0.1) is 12.3 Å². The van der Waals surface area contributed by atoms with E-state index < -0.39 is 10.0 Å². The Balaban J connectivity index is 2.36. The van der Waals surface area contributed by atoms with E-state index in [1.54, 1.807) is 25.1 Å². The first-order valence-electron chi connectivity index (χ1n) is 9.93. The summed E-state index contributed by atoms with van der Waals surface area (Å²) in [6.07, 6.45) is 2.97. The molecule has 1 amide bonds. The van der Waals surface area contributed by atoms with Gasteiger partial charge in [-0.2, -0.15) is 4.31 Å². The predicted molar refractivity (Wildman–Crippen MR) is 109 cm³/mol. The molecule has 1 aromatic rings. The second-order valence-corrected chi connectivity index (χ2v) is 10.5. The van der Waals surface area contributed by atoms with Crippen molar-refractivity contribution in [2.45, 2.75) is 71.7 Å². The molecule has 0 bridgehead atoms. The van der Waals surface area contributed by atoms with Gasteiger partial charge in [0.05, 0.1) is 4.90 Å². The molecular weight excluding hydrogens is 360 g/mol. The molecule has 0 saturated carbocycles. The molecule has 0 radical (unpaired) electrons. The highest BCUT2D eigenvalue weighted by Gasteiger charge is 2.33. The molecule has 0 aromatic heterocycles. The SMILES string of the molecule is CCN(CC)S(=O)(=O)c1cc(C(=O)N2CCCC2CC(C)(C)C)ccc1C. The monoisotopic (exact) mass is 394 g/mol. The van der Waals surface area contributed by atoms with Crippen molar-refractivity contribution in [1.82, 2.24) is 9.21 Å².